The van der Waals surface area contributed by atoms with Gasteiger partial charge in [0.2, 0.25) is 13.6 Å². The normalized spacial score (nSPS) is 9.59. The van der Waals surface area contributed by atoms with E-state index in [9.17, 15) is 4.57 Å². The highest BCUT2D eigenvalue weighted by Gasteiger charge is 2.26. The van der Waals surface area contributed by atoms with Crippen molar-refractivity contribution in [2.45, 2.75) is 20.8 Å². The van der Waals surface area contributed by atoms with E-state index in [1.54, 1.807) is 20.8 Å². The predicted octanol–water partition coefficient (Wildman–Crippen LogP) is 2.07. The summed E-state index contributed by atoms with van der Waals surface area (Å²) in [6.07, 6.45) is 4.56. The first-order chi connectivity index (χ1) is 8.18. The van der Waals surface area contributed by atoms with Gasteiger partial charge in [-0.3, -0.25) is 4.52 Å². The molecule has 0 N–H and O–H groups in total. The number of rotatable bonds is 8. The van der Waals surface area contributed by atoms with E-state index < -0.39 is 7.82 Å². The molecule has 7 heteroatoms. The molecule has 0 rings (SSSR count). The van der Waals surface area contributed by atoms with Gasteiger partial charge in [-0.05, 0) is 6.92 Å². The third-order valence-corrected chi connectivity index (χ3v) is 2.59. The molecule has 0 saturated carbocycles. The highest BCUT2D eigenvalue weighted by atomic mass is 31.2. The molecule has 0 aliphatic rings. The first kappa shape index (κ1) is 15.8. The fraction of sp³-hybridized carbons (Fsp3) is 0.600. The smallest absolute Gasteiger partial charge is 0.417 e. The highest BCUT2D eigenvalue weighted by Crippen LogP contribution is 2.49. The van der Waals surface area contributed by atoms with Crippen molar-refractivity contribution in [3.63, 3.8) is 0 Å². The van der Waals surface area contributed by atoms with E-state index in [1.165, 1.54) is 0 Å². The van der Waals surface area contributed by atoms with Gasteiger partial charge in [0.05, 0.1) is 6.61 Å². The summed E-state index contributed by atoms with van der Waals surface area (Å²) < 4.78 is 35.6. The van der Waals surface area contributed by atoms with E-state index in [0.717, 1.165) is 0 Å². The maximum Gasteiger partial charge on any atom is 0.480 e. The van der Waals surface area contributed by atoms with Crippen molar-refractivity contribution in [1.82, 2.24) is 0 Å². The lowest BCUT2D eigenvalue weighted by Gasteiger charge is -2.15. The second-order valence-corrected chi connectivity index (χ2v) is 4.02. The average Bonchev–Trinajstić information content (AvgIpc) is 2.31. The molecule has 0 aromatic heterocycles. The standard InChI is InChI=1S/C10H15O6P/c1-4-7-12-9-15-17(11,14-6-3)16-10-13-8-5-2/h6,9-10H2,1-3H3. The maximum atomic E-state index is 11.8. The molecule has 96 valence electrons. The monoisotopic (exact) mass is 262 g/mol. The third kappa shape index (κ3) is 8.62. The molecule has 0 aliphatic heterocycles. The molecule has 0 atom stereocenters. The molecule has 0 bridgehead atoms. The molecule has 0 unspecified atom stereocenters. The lowest BCUT2D eigenvalue weighted by Crippen LogP contribution is -2.04. The van der Waals surface area contributed by atoms with E-state index in [0.29, 0.717) is 0 Å². The molecule has 0 amide bonds. The van der Waals surface area contributed by atoms with Crippen LogP contribution >= 0.6 is 7.82 Å². The van der Waals surface area contributed by atoms with Gasteiger partial charge in [-0.2, -0.15) is 0 Å². The Morgan fingerprint density at radius 2 is 1.41 bits per heavy atom. The second-order valence-electron chi connectivity index (χ2n) is 2.35. The quantitative estimate of drug-likeness (QED) is 0.289. The van der Waals surface area contributed by atoms with E-state index in [4.69, 9.17) is 13.6 Å². The minimum absolute atomic E-state index is 0.163. The average molecular weight is 262 g/mol. The van der Waals surface area contributed by atoms with Crippen LogP contribution in [0.3, 0.4) is 0 Å². The van der Waals surface area contributed by atoms with Gasteiger partial charge in [-0.15, -0.1) is 0 Å². The van der Waals surface area contributed by atoms with E-state index in [-0.39, 0.29) is 20.2 Å². The Morgan fingerprint density at radius 3 is 1.76 bits per heavy atom. The molecular formula is C10H15O6P. The van der Waals surface area contributed by atoms with Gasteiger partial charge in [0, 0.05) is 13.8 Å². The van der Waals surface area contributed by atoms with Gasteiger partial charge in [0.25, 0.3) is 0 Å². The van der Waals surface area contributed by atoms with E-state index in [2.05, 4.69) is 33.5 Å². The summed E-state index contributed by atoms with van der Waals surface area (Å²) in [5.41, 5.74) is 0. The molecule has 0 radical (unpaired) electrons. The molecule has 17 heavy (non-hydrogen) atoms. The van der Waals surface area contributed by atoms with Gasteiger partial charge in [-0.25, -0.2) is 13.6 Å². The van der Waals surface area contributed by atoms with Crippen LogP contribution in [0, 0.1) is 24.1 Å². The Morgan fingerprint density at radius 1 is 0.941 bits per heavy atom. The summed E-state index contributed by atoms with van der Waals surface area (Å²) in [5.74, 6) is 4.96. The second kappa shape index (κ2) is 10.0. The topological polar surface area (TPSA) is 63.2 Å². The third-order valence-electron chi connectivity index (χ3n) is 1.18. The lowest BCUT2D eigenvalue weighted by atomic mass is 10.8. The molecule has 0 aliphatic carbocycles. The Kier molecular flexibility index (Phi) is 9.33. The predicted molar refractivity (Wildman–Crippen MR) is 60.2 cm³/mol. The fourth-order valence-corrected chi connectivity index (χ4v) is 1.56. The van der Waals surface area contributed by atoms with Gasteiger partial charge in [-0.1, -0.05) is 11.8 Å². The number of hydrogen-bond donors (Lipinski definition) is 0. The molecule has 0 saturated heterocycles. The first-order valence-corrected chi connectivity index (χ1v) is 6.25. The largest absolute Gasteiger partial charge is 0.480 e. The fourth-order valence-electron chi connectivity index (χ4n) is 0.655. The van der Waals surface area contributed by atoms with Crippen LogP contribution in [0.5, 0.6) is 0 Å². The lowest BCUT2D eigenvalue weighted by molar-refractivity contribution is 0.00417. The van der Waals surface area contributed by atoms with Gasteiger partial charge in [0.15, 0.2) is 0 Å². The zero-order chi connectivity index (χ0) is 13.0. The minimum Gasteiger partial charge on any atom is -0.417 e. The SMILES string of the molecule is CC#COCOP(=O)(OCC)OCOC#CC. The zero-order valence-corrected chi connectivity index (χ0v) is 10.9. The summed E-state index contributed by atoms with van der Waals surface area (Å²) in [5, 5.41) is 0. The Balaban J connectivity index is 4.07. The van der Waals surface area contributed by atoms with Crippen LogP contribution in [-0.4, -0.2) is 20.2 Å². The van der Waals surface area contributed by atoms with E-state index in [1.807, 2.05) is 0 Å². The van der Waals surface area contributed by atoms with Gasteiger partial charge < -0.3 is 9.47 Å². The summed E-state index contributed by atoms with van der Waals surface area (Å²) >= 11 is 0. The van der Waals surface area contributed by atoms with Crippen molar-refractivity contribution in [3.8, 4) is 24.1 Å². The zero-order valence-electron chi connectivity index (χ0n) is 10.0. The molecule has 0 heterocycles. The van der Waals surface area contributed by atoms with Crippen molar-refractivity contribution in [3.05, 3.63) is 0 Å². The summed E-state index contributed by atoms with van der Waals surface area (Å²) in [7, 11) is -3.69. The molecule has 0 aromatic carbocycles. The Hall–Kier alpha value is -1.17. The van der Waals surface area contributed by atoms with Gasteiger partial charge >= 0.3 is 7.82 Å². The molecule has 0 fully saturated rings. The van der Waals surface area contributed by atoms with Crippen LogP contribution < -0.4 is 0 Å². The van der Waals surface area contributed by atoms with Crippen LogP contribution in [0.2, 0.25) is 0 Å². The van der Waals surface area contributed by atoms with Crippen molar-refractivity contribution < 1.29 is 27.6 Å². The highest BCUT2D eigenvalue weighted by molar-refractivity contribution is 7.48. The molecule has 0 spiro atoms. The number of phosphoric acid groups is 1. The summed E-state index contributed by atoms with van der Waals surface area (Å²) in [6.45, 7) is 4.36. The van der Waals surface area contributed by atoms with Crippen LogP contribution in [0.1, 0.15) is 20.8 Å². The summed E-state index contributed by atoms with van der Waals surface area (Å²) in [4.78, 5) is 0. The van der Waals surface area contributed by atoms with Gasteiger partial charge in [0.1, 0.15) is 12.2 Å². The Labute approximate surface area is 101 Å². The first-order valence-electron chi connectivity index (χ1n) is 4.79. The van der Waals surface area contributed by atoms with Crippen molar-refractivity contribution in [2.75, 3.05) is 20.2 Å². The van der Waals surface area contributed by atoms with Crippen LogP contribution in [0.25, 0.3) is 0 Å². The summed E-state index contributed by atoms with van der Waals surface area (Å²) in [6, 6.07) is 0. The van der Waals surface area contributed by atoms with Crippen molar-refractivity contribution in [1.29, 1.82) is 0 Å². The maximum absolute atomic E-state index is 11.8. The molecular weight excluding hydrogens is 247 g/mol. The number of ether oxygens (including phenoxy) is 2. The minimum atomic E-state index is -3.69. The van der Waals surface area contributed by atoms with E-state index >= 15 is 0 Å². The molecule has 0 aromatic rings. The molecule has 6 nitrogen and oxygen atoms in total. The van der Waals surface area contributed by atoms with Crippen molar-refractivity contribution in [2.24, 2.45) is 0 Å². The van der Waals surface area contributed by atoms with Crippen LogP contribution in [0.15, 0.2) is 0 Å². The van der Waals surface area contributed by atoms with Crippen LogP contribution in [0.4, 0.5) is 0 Å². The van der Waals surface area contributed by atoms with Crippen LogP contribution in [-0.2, 0) is 27.6 Å². The Bertz CT molecular complexity index is 328. The number of hydrogen-bond acceptors (Lipinski definition) is 6. The van der Waals surface area contributed by atoms with Crippen molar-refractivity contribution >= 4 is 7.82 Å². The number of phosphoric ester groups is 1.